The van der Waals surface area contributed by atoms with Crippen molar-refractivity contribution in [3.8, 4) is 33.3 Å². The lowest BCUT2D eigenvalue weighted by Gasteiger charge is -2.38. The van der Waals surface area contributed by atoms with Crippen molar-refractivity contribution < 1.29 is 9.32 Å². The van der Waals surface area contributed by atoms with E-state index in [1.807, 2.05) is 47.8 Å². The number of carbonyl (C=O) groups is 1. The number of anilines is 1. The Balaban J connectivity index is 1.48. The fourth-order valence-corrected chi connectivity index (χ4v) is 5.07. The van der Waals surface area contributed by atoms with Crippen molar-refractivity contribution in [1.82, 2.24) is 10.1 Å². The Kier molecular flexibility index (Phi) is 4.94. The fraction of sp³-hybridized carbons (Fsp3) is 0.240. The van der Waals surface area contributed by atoms with E-state index in [0.717, 1.165) is 40.1 Å². The number of thiophene rings is 1. The lowest BCUT2D eigenvalue weighted by atomic mass is 9.81. The van der Waals surface area contributed by atoms with E-state index < -0.39 is 0 Å². The zero-order valence-electron chi connectivity index (χ0n) is 17.5. The van der Waals surface area contributed by atoms with Crippen molar-refractivity contribution in [3.63, 3.8) is 0 Å². The lowest BCUT2D eigenvalue weighted by molar-refractivity contribution is 0.0946. The van der Waals surface area contributed by atoms with E-state index in [2.05, 4.69) is 41.4 Å². The summed E-state index contributed by atoms with van der Waals surface area (Å²) in [6.45, 7) is 4.24. The fourth-order valence-electron chi connectivity index (χ4n) is 4.17. The van der Waals surface area contributed by atoms with Gasteiger partial charge in [0.1, 0.15) is 0 Å². The summed E-state index contributed by atoms with van der Waals surface area (Å²) in [5, 5.41) is 9.84. The molecule has 0 atom stereocenters. The second kappa shape index (κ2) is 7.78. The molecule has 0 bridgehead atoms. The molecule has 31 heavy (non-hydrogen) atoms. The molecule has 0 saturated heterocycles. The Labute approximate surface area is 185 Å². The molecule has 2 aromatic carbocycles. The van der Waals surface area contributed by atoms with Gasteiger partial charge in [-0.2, -0.15) is 4.98 Å². The predicted molar refractivity (Wildman–Crippen MR) is 124 cm³/mol. The highest BCUT2D eigenvalue weighted by atomic mass is 32.1. The van der Waals surface area contributed by atoms with Crippen LogP contribution in [0.25, 0.3) is 33.3 Å². The molecule has 0 fully saturated rings. The first-order valence-corrected chi connectivity index (χ1v) is 11.4. The van der Waals surface area contributed by atoms with Crippen LogP contribution in [0.5, 0.6) is 0 Å². The second-order valence-corrected chi connectivity index (χ2v) is 8.84. The van der Waals surface area contributed by atoms with Crippen LogP contribution in [0.2, 0.25) is 0 Å². The number of nitrogens with one attached hydrogen (secondary N) is 1. The molecule has 1 aliphatic heterocycles. The maximum absolute atomic E-state index is 12.9. The highest BCUT2D eigenvalue weighted by Gasteiger charge is 2.35. The molecule has 5 nitrogen and oxygen atoms in total. The molecule has 0 spiro atoms. The van der Waals surface area contributed by atoms with Crippen LogP contribution in [0.3, 0.4) is 0 Å². The van der Waals surface area contributed by atoms with Gasteiger partial charge >= 0.3 is 0 Å². The Bertz CT molecular complexity index is 1240. The Morgan fingerprint density at radius 1 is 1.03 bits per heavy atom. The number of rotatable bonds is 5. The molecule has 5 rings (SSSR count). The first-order valence-electron chi connectivity index (χ1n) is 10.6. The van der Waals surface area contributed by atoms with Gasteiger partial charge in [-0.1, -0.05) is 49.3 Å². The number of carbonyl (C=O) groups excluding carboxylic acids is 1. The summed E-state index contributed by atoms with van der Waals surface area (Å²) in [5.74, 6) is 1.12. The molecule has 1 aliphatic rings. The summed E-state index contributed by atoms with van der Waals surface area (Å²) in [6, 6.07) is 17.9. The monoisotopic (exact) mass is 429 g/mol. The molecule has 2 aromatic heterocycles. The van der Waals surface area contributed by atoms with Crippen LogP contribution in [0.15, 0.2) is 64.5 Å². The van der Waals surface area contributed by atoms with E-state index in [1.165, 1.54) is 0 Å². The molecule has 0 radical (unpaired) electrons. The van der Waals surface area contributed by atoms with E-state index in [1.54, 1.807) is 11.3 Å². The smallest absolute Gasteiger partial charge is 0.258 e. The SMILES string of the molecule is CCC1(CC)CC(=O)c2cc(-c3nc(-c4ccsc4-c4ccccc4)no3)ccc2N1. The third-order valence-electron chi connectivity index (χ3n) is 6.19. The van der Waals surface area contributed by atoms with E-state index in [-0.39, 0.29) is 11.3 Å². The summed E-state index contributed by atoms with van der Waals surface area (Å²) in [6.07, 6.45) is 2.32. The summed E-state index contributed by atoms with van der Waals surface area (Å²) >= 11 is 1.65. The molecule has 156 valence electrons. The molecule has 0 amide bonds. The van der Waals surface area contributed by atoms with Gasteiger partial charge in [-0.05, 0) is 48.1 Å². The van der Waals surface area contributed by atoms with Gasteiger partial charge in [-0.15, -0.1) is 11.3 Å². The van der Waals surface area contributed by atoms with Crippen molar-refractivity contribution in [1.29, 1.82) is 0 Å². The zero-order valence-corrected chi connectivity index (χ0v) is 18.3. The number of hydrogen-bond acceptors (Lipinski definition) is 6. The summed E-state index contributed by atoms with van der Waals surface area (Å²) in [4.78, 5) is 18.6. The number of Topliss-reactive ketones (excluding diaryl/α,β-unsaturated/α-hetero) is 1. The Hall–Kier alpha value is -3.25. The number of hydrogen-bond donors (Lipinski definition) is 1. The lowest BCUT2D eigenvalue weighted by Crippen LogP contribution is -2.43. The quantitative estimate of drug-likeness (QED) is 0.383. The average Bonchev–Trinajstić information content (AvgIpc) is 3.49. The Morgan fingerprint density at radius 3 is 2.61 bits per heavy atom. The van der Waals surface area contributed by atoms with Crippen LogP contribution in [0, 0.1) is 0 Å². The van der Waals surface area contributed by atoms with Gasteiger partial charge in [0.25, 0.3) is 5.89 Å². The van der Waals surface area contributed by atoms with Crippen molar-refractivity contribution in [3.05, 3.63) is 65.5 Å². The van der Waals surface area contributed by atoms with Crippen LogP contribution < -0.4 is 5.32 Å². The van der Waals surface area contributed by atoms with E-state index in [9.17, 15) is 4.79 Å². The normalized spacial score (nSPS) is 14.8. The minimum absolute atomic E-state index is 0.156. The highest BCUT2D eigenvalue weighted by molar-refractivity contribution is 7.14. The average molecular weight is 430 g/mol. The van der Waals surface area contributed by atoms with E-state index in [4.69, 9.17) is 4.52 Å². The van der Waals surface area contributed by atoms with Gasteiger partial charge in [0.05, 0.1) is 0 Å². The van der Waals surface area contributed by atoms with E-state index in [0.29, 0.717) is 23.7 Å². The van der Waals surface area contributed by atoms with Gasteiger partial charge in [0, 0.05) is 39.2 Å². The Morgan fingerprint density at radius 2 is 1.84 bits per heavy atom. The molecule has 3 heterocycles. The predicted octanol–water partition coefficient (Wildman–Crippen LogP) is 6.69. The summed E-state index contributed by atoms with van der Waals surface area (Å²) in [7, 11) is 0. The van der Waals surface area contributed by atoms with Crippen LogP contribution in [0.4, 0.5) is 5.69 Å². The molecular formula is C25H23N3O2S. The van der Waals surface area contributed by atoms with Crippen molar-refractivity contribution in [2.75, 3.05) is 5.32 Å². The van der Waals surface area contributed by atoms with Crippen LogP contribution in [0.1, 0.15) is 43.5 Å². The molecule has 1 N–H and O–H groups in total. The topological polar surface area (TPSA) is 68.0 Å². The number of benzene rings is 2. The maximum Gasteiger partial charge on any atom is 0.258 e. The highest BCUT2D eigenvalue weighted by Crippen LogP contribution is 2.38. The molecule has 6 heteroatoms. The van der Waals surface area contributed by atoms with Gasteiger partial charge in [0.15, 0.2) is 5.78 Å². The van der Waals surface area contributed by atoms with Crippen LogP contribution in [-0.2, 0) is 0 Å². The summed E-state index contributed by atoms with van der Waals surface area (Å²) < 4.78 is 5.59. The molecule has 0 aliphatic carbocycles. The summed E-state index contributed by atoms with van der Waals surface area (Å²) in [5.41, 5.74) is 4.24. The minimum Gasteiger partial charge on any atom is -0.379 e. The number of fused-ring (bicyclic) bond motifs is 1. The van der Waals surface area contributed by atoms with Crippen molar-refractivity contribution in [2.24, 2.45) is 0 Å². The van der Waals surface area contributed by atoms with Crippen LogP contribution in [-0.4, -0.2) is 21.5 Å². The third kappa shape index (κ3) is 3.47. The number of aromatic nitrogens is 2. The van der Waals surface area contributed by atoms with Crippen molar-refractivity contribution >= 4 is 22.8 Å². The first-order chi connectivity index (χ1) is 15.1. The third-order valence-corrected chi connectivity index (χ3v) is 7.15. The standard InChI is InChI=1S/C25H23N3O2S/c1-3-25(4-2)15-21(29)19-14-17(10-11-20(19)27-25)24-26-23(28-30-24)18-12-13-31-22(18)16-8-6-5-7-9-16/h5-14,27H,3-4,15H2,1-2H3. The van der Waals surface area contributed by atoms with Gasteiger partial charge in [-0.25, -0.2) is 0 Å². The second-order valence-electron chi connectivity index (χ2n) is 7.93. The molecule has 4 aromatic rings. The van der Waals surface area contributed by atoms with Gasteiger partial charge in [0.2, 0.25) is 5.82 Å². The van der Waals surface area contributed by atoms with Gasteiger partial charge in [-0.3, -0.25) is 4.79 Å². The number of ketones is 1. The minimum atomic E-state index is -0.157. The van der Waals surface area contributed by atoms with E-state index >= 15 is 0 Å². The molecular weight excluding hydrogens is 406 g/mol. The number of nitrogens with zero attached hydrogens (tertiary/aromatic N) is 2. The maximum atomic E-state index is 12.9. The molecule has 0 saturated carbocycles. The first kappa shape index (κ1) is 19.7. The zero-order chi connectivity index (χ0) is 21.4. The van der Waals surface area contributed by atoms with Crippen LogP contribution >= 0.6 is 11.3 Å². The largest absolute Gasteiger partial charge is 0.379 e. The van der Waals surface area contributed by atoms with Crippen molar-refractivity contribution in [2.45, 2.75) is 38.6 Å². The van der Waals surface area contributed by atoms with Gasteiger partial charge < -0.3 is 9.84 Å². The molecule has 0 unspecified atom stereocenters.